The third kappa shape index (κ3) is 23.5. The molecule has 0 bridgehead atoms. The number of pyridine rings is 1. The number of aromatic nitrogens is 1. The number of benzene rings is 1. The predicted molar refractivity (Wildman–Crippen MR) is 219 cm³/mol. The molecule has 1 aromatic carbocycles. The second kappa shape index (κ2) is 32.3. The summed E-state index contributed by atoms with van der Waals surface area (Å²) in [5, 5.41) is 0. The van der Waals surface area contributed by atoms with Crippen molar-refractivity contribution >= 4 is 0 Å². The van der Waals surface area contributed by atoms with Gasteiger partial charge in [-0.1, -0.05) is 231 Å². The van der Waals surface area contributed by atoms with Crippen LogP contribution in [-0.4, -0.2) is 0 Å². The summed E-state index contributed by atoms with van der Waals surface area (Å²) in [4.78, 5) is 0. The summed E-state index contributed by atoms with van der Waals surface area (Å²) in [6.07, 6.45) is 51.6. The monoisotopic (exact) mass is 675 g/mol. The quantitative estimate of drug-likeness (QED) is 0.0506. The van der Waals surface area contributed by atoms with Crippen LogP contribution in [0.4, 0.5) is 0 Å². The Balaban J connectivity index is 1.66. The van der Waals surface area contributed by atoms with Gasteiger partial charge in [0.15, 0.2) is 18.4 Å². The van der Waals surface area contributed by atoms with E-state index in [1.165, 1.54) is 211 Å². The van der Waals surface area contributed by atoms with Crippen LogP contribution in [0.5, 0.6) is 0 Å². The normalized spacial score (nSPS) is 12.1. The Labute approximate surface area is 307 Å². The summed E-state index contributed by atoms with van der Waals surface area (Å²) in [5.41, 5.74) is 4.56. The Hall–Kier alpha value is -1.63. The van der Waals surface area contributed by atoms with Crippen molar-refractivity contribution in [2.75, 3.05) is 0 Å². The first-order valence-electron chi connectivity index (χ1n) is 22.4. The zero-order valence-corrected chi connectivity index (χ0v) is 33.5. The lowest BCUT2D eigenvalue weighted by molar-refractivity contribution is -0.714. The van der Waals surface area contributed by atoms with Crippen LogP contribution >= 0.6 is 0 Å². The minimum atomic E-state index is 0.432. The predicted octanol–water partition coefficient (Wildman–Crippen LogP) is 15.8. The van der Waals surface area contributed by atoms with Gasteiger partial charge in [0.05, 0.1) is 0 Å². The lowest BCUT2D eigenvalue weighted by Gasteiger charge is -2.14. The molecule has 0 spiro atoms. The molecule has 0 saturated heterocycles. The SMILES string of the molecule is CCCCCCCCCCCCCCCCCc1cc(CCCCCCCCCCCCCCCCC)c[n+](C(CC)c2ccccc2)c1. The number of hydrogen-bond donors (Lipinski definition) is 0. The van der Waals surface area contributed by atoms with E-state index in [9.17, 15) is 0 Å². The van der Waals surface area contributed by atoms with Gasteiger partial charge in [-0.05, 0) is 31.7 Å². The topological polar surface area (TPSA) is 3.88 Å². The Morgan fingerprint density at radius 3 is 1.00 bits per heavy atom. The largest absolute Gasteiger partial charge is 0.198 e. The molecule has 2 rings (SSSR count). The standard InChI is InChI=1S/C48H84N/c1-4-7-9-11-13-15-17-19-21-23-25-27-29-31-34-38-45-42-46(44-49(43-45)48(6-3)47-40-36-33-37-41-47)39-35-32-30-28-26-24-22-20-18-16-14-12-10-8-5-2/h33,36-37,40-44,48H,4-32,34-35,38-39H2,1-3H3/q+1. The van der Waals surface area contributed by atoms with Crippen molar-refractivity contribution in [1.29, 1.82) is 0 Å². The van der Waals surface area contributed by atoms with Crippen LogP contribution in [-0.2, 0) is 12.8 Å². The molecule has 0 fully saturated rings. The highest BCUT2D eigenvalue weighted by atomic mass is 15.0. The molecule has 0 amide bonds. The van der Waals surface area contributed by atoms with Gasteiger partial charge in [0.2, 0.25) is 0 Å². The summed E-state index contributed by atoms with van der Waals surface area (Å²) in [6, 6.07) is 14.2. The van der Waals surface area contributed by atoms with E-state index in [4.69, 9.17) is 0 Å². The molecule has 1 atom stereocenters. The molecular formula is C48H84N+. The smallest absolute Gasteiger partial charge is 0.183 e. The number of rotatable bonds is 35. The van der Waals surface area contributed by atoms with Crippen molar-refractivity contribution in [3.8, 4) is 0 Å². The zero-order chi connectivity index (χ0) is 34.9. The van der Waals surface area contributed by atoms with E-state index in [0.717, 1.165) is 6.42 Å². The average Bonchev–Trinajstić information content (AvgIpc) is 3.12. The fraction of sp³-hybridized carbons (Fsp3) is 0.771. The van der Waals surface area contributed by atoms with Crippen LogP contribution in [0.2, 0.25) is 0 Å². The summed E-state index contributed by atoms with van der Waals surface area (Å²) in [5.74, 6) is 0. The van der Waals surface area contributed by atoms with Crippen molar-refractivity contribution in [2.45, 2.75) is 239 Å². The summed E-state index contributed by atoms with van der Waals surface area (Å²) >= 11 is 0. The van der Waals surface area contributed by atoms with Crippen LogP contribution in [0, 0.1) is 0 Å². The molecule has 49 heavy (non-hydrogen) atoms. The Morgan fingerprint density at radius 1 is 0.388 bits per heavy atom. The maximum atomic E-state index is 2.57. The van der Waals surface area contributed by atoms with Crippen molar-refractivity contribution in [3.05, 3.63) is 65.5 Å². The summed E-state index contributed by atoms with van der Waals surface area (Å²) in [6.45, 7) is 6.97. The third-order valence-corrected chi connectivity index (χ3v) is 11.1. The van der Waals surface area contributed by atoms with E-state index in [1.54, 1.807) is 11.1 Å². The average molecular weight is 675 g/mol. The number of nitrogens with zero attached hydrogens (tertiary/aromatic N) is 1. The Morgan fingerprint density at radius 2 is 0.694 bits per heavy atom. The van der Waals surface area contributed by atoms with Crippen molar-refractivity contribution in [3.63, 3.8) is 0 Å². The van der Waals surface area contributed by atoms with E-state index >= 15 is 0 Å². The van der Waals surface area contributed by atoms with Crippen molar-refractivity contribution in [1.82, 2.24) is 0 Å². The Bertz CT molecular complexity index is 912. The van der Waals surface area contributed by atoms with Crippen LogP contribution in [0.25, 0.3) is 0 Å². The molecule has 280 valence electrons. The maximum Gasteiger partial charge on any atom is 0.183 e. The van der Waals surface area contributed by atoms with Gasteiger partial charge in [0.1, 0.15) is 0 Å². The second-order valence-corrected chi connectivity index (χ2v) is 15.7. The number of hydrogen-bond acceptors (Lipinski definition) is 0. The molecule has 0 saturated carbocycles. The summed E-state index contributed by atoms with van der Waals surface area (Å²) in [7, 11) is 0. The molecule has 1 heterocycles. The van der Waals surface area contributed by atoms with E-state index in [1.807, 2.05) is 0 Å². The molecule has 0 aliphatic carbocycles. The highest BCUT2D eigenvalue weighted by Gasteiger charge is 2.20. The van der Waals surface area contributed by atoms with Crippen LogP contribution in [0.1, 0.15) is 243 Å². The second-order valence-electron chi connectivity index (χ2n) is 15.7. The minimum absolute atomic E-state index is 0.432. The highest BCUT2D eigenvalue weighted by molar-refractivity contribution is 5.19. The van der Waals surface area contributed by atoms with Crippen LogP contribution in [0.3, 0.4) is 0 Å². The van der Waals surface area contributed by atoms with E-state index in [2.05, 4.69) is 74.1 Å². The molecule has 1 nitrogen and oxygen atoms in total. The van der Waals surface area contributed by atoms with Crippen molar-refractivity contribution in [2.24, 2.45) is 0 Å². The molecule has 0 N–H and O–H groups in total. The number of unbranched alkanes of at least 4 members (excludes halogenated alkanes) is 28. The molecule has 1 unspecified atom stereocenters. The fourth-order valence-electron chi connectivity index (χ4n) is 7.88. The molecule has 0 aliphatic rings. The van der Waals surface area contributed by atoms with Gasteiger partial charge in [0, 0.05) is 23.1 Å². The Kier molecular flexibility index (Phi) is 28.7. The van der Waals surface area contributed by atoms with Gasteiger partial charge in [-0.15, -0.1) is 0 Å². The maximum absolute atomic E-state index is 2.57. The van der Waals surface area contributed by atoms with Crippen molar-refractivity contribution < 1.29 is 4.57 Å². The first-order valence-corrected chi connectivity index (χ1v) is 22.4. The third-order valence-electron chi connectivity index (χ3n) is 11.1. The van der Waals surface area contributed by atoms with Gasteiger partial charge in [-0.3, -0.25) is 0 Å². The molecule has 0 aliphatic heterocycles. The first kappa shape index (κ1) is 43.5. The van der Waals surface area contributed by atoms with E-state index < -0.39 is 0 Å². The molecule has 2 aromatic rings. The van der Waals surface area contributed by atoms with Gasteiger partial charge in [-0.25, -0.2) is 0 Å². The lowest BCUT2D eigenvalue weighted by atomic mass is 9.99. The molecular weight excluding hydrogens is 591 g/mol. The van der Waals surface area contributed by atoms with Crippen LogP contribution < -0.4 is 4.57 Å². The van der Waals surface area contributed by atoms with Gasteiger partial charge in [0.25, 0.3) is 0 Å². The van der Waals surface area contributed by atoms with Gasteiger partial charge >= 0.3 is 0 Å². The first-order chi connectivity index (χ1) is 24.3. The van der Waals surface area contributed by atoms with E-state index in [0.29, 0.717) is 6.04 Å². The zero-order valence-electron chi connectivity index (χ0n) is 33.5. The van der Waals surface area contributed by atoms with Gasteiger partial charge in [-0.2, -0.15) is 4.57 Å². The molecule has 1 heteroatoms. The minimum Gasteiger partial charge on any atom is -0.198 e. The molecule has 1 aromatic heterocycles. The summed E-state index contributed by atoms with van der Waals surface area (Å²) < 4.78 is 2.57. The van der Waals surface area contributed by atoms with E-state index in [-0.39, 0.29) is 0 Å². The highest BCUT2D eigenvalue weighted by Crippen LogP contribution is 2.20. The number of aryl methyl sites for hydroxylation is 2. The fourth-order valence-corrected chi connectivity index (χ4v) is 7.88. The molecule has 0 radical (unpaired) electrons. The lowest BCUT2D eigenvalue weighted by Crippen LogP contribution is -2.40. The van der Waals surface area contributed by atoms with Crippen LogP contribution in [0.15, 0.2) is 48.8 Å². The van der Waals surface area contributed by atoms with Gasteiger partial charge < -0.3 is 0 Å².